The van der Waals surface area contributed by atoms with Gasteiger partial charge in [-0.3, -0.25) is 0 Å². The molecule has 1 N–H and O–H groups in total. The average molecular weight is 196 g/mol. The molecule has 0 saturated carbocycles. The summed E-state index contributed by atoms with van der Waals surface area (Å²) in [5, 5.41) is 3.37. The molecular formula is C12H24N2. The Kier molecular flexibility index (Phi) is 3.99. The van der Waals surface area contributed by atoms with Gasteiger partial charge in [-0.2, -0.15) is 0 Å². The van der Waals surface area contributed by atoms with E-state index in [9.17, 15) is 0 Å². The van der Waals surface area contributed by atoms with Crippen molar-refractivity contribution >= 4 is 0 Å². The second-order valence-electron chi connectivity index (χ2n) is 4.75. The van der Waals surface area contributed by atoms with E-state index >= 15 is 0 Å². The third-order valence-electron chi connectivity index (χ3n) is 3.24. The maximum absolute atomic E-state index is 4.23. The predicted molar refractivity (Wildman–Crippen MR) is 62.2 cm³/mol. The Labute approximate surface area is 88.4 Å². The minimum Gasteiger partial charge on any atom is -0.372 e. The molecule has 0 radical (unpaired) electrons. The van der Waals surface area contributed by atoms with Gasteiger partial charge in [-0.05, 0) is 39.7 Å². The predicted octanol–water partition coefficient (Wildman–Crippen LogP) is 2.23. The van der Waals surface area contributed by atoms with E-state index in [0.717, 1.165) is 12.5 Å². The molecule has 1 heterocycles. The topological polar surface area (TPSA) is 15.3 Å². The quantitative estimate of drug-likeness (QED) is 0.728. The molecule has 1 aliphatic rings. The van der Waals surface area contributed by atoms with Gasteiger partial charge in [0.05, 0.1) is 0 Å². The van der Waals surface area contributed by atoms with Gasteiger partial charge in [-0.1, -0.05) is 13.5 Å². The van der Waals surface area contributed by atoms with Crippen LogP contribution in [0.15, 0.2) is 12.3 Å². The Morgan fingerprint density at radius 3 is 2.64 bits per heavy atom. The van der Waals surface area contributed by atoms with Crippen molar-refractivity contribution in [1.82, 2.24) is 10.2 Å². The van der Waals surface area contributed by atoms with E-state index in [1.165, 1.54) is 18.5 Å². The van der Waals surface area contributed by atoms with Gasteiger partial charge in [-0.25, -0.2) is 0 Å². The summed E-state index contributed by atoms with van der Waals surface area (Å²) in [5.74, 6) is 0.799. The molecule has 1 fully saturated rings. The molecule has 82 valence electrons. The molecule has 0 aliphatic carbocycles. The largest absolute Gasteiger partial charge is 0.372 e. The lowest BCUT2D eigenvalue weighted by atomic mass is 9.99. The van der Waals surface area contributed by atoms with Crippen LogP contribution in [0.25, 0.3) is 0 Å². The van der Waals surface area contributed by atoms with Gasteiger partial charge in [0.15, 0.2) is 0 Å². The highest BCUT2D eigenvalue weighted by Gasteiger charge is 2.25. The van der Waals surface area contributed by atoms with Gasteiger partial charge in [0, 0.05) is 24.3 Å². The molecule has 1 saturated heterocycles. The van der Waals surface area contributed by atoms with Crippen molar-refractivity contribution in [2.75, 3.05) is 13.6 Å². The van der Waals surface area contributed by atoms with Crippen LogP contribution in [0.1, 0.15) is 33.6 Å². The Bertz CT molecular complexity index is 198. The smallest absolute Gasteiger partial charge is 0.0465 e. The van der Waals surface area contributed by atoms with Crippen molar-refractivity contribution in [3.05, 3.63) is 12.3 Å². The number of hydrogen-bond donors (Lipinski definition) is 1. The van der Waals surface area contributed by atoms with Gasteiger partial charge in [0.1, 0.15) is 0 Å². The highest BCUT2D eigenvalue weighted by Crippen LogP contribution is 2.24. The van der Waals surface area contributed by atoms with E-state index in [1.54, 1.807) is 0 Å². The first kappa shape index (κ1) is 11.6. The molecule has 2 unspecified atom stereocenters. The maximum atomic E-state index is 4.23. The number of likely N-dealkylation sites (tertiary alicyclic amines) is 1. The molecule has 14 heavy (non-hydrogen) atoms. The highest BCUT2D eigenvalue weighted by atomic mass is 15.2. The summed E-state index contributed by atoms with van der Waals surface area (Å²) >= 11 is 0. The second-order valence-corrected chi connectivity index (χ2v) is 4.75. The molecule has 0 aromatic carbocycles. The SMILES string of the molecule is C=C1C(NC)CC(C)CCN1C(C)C. The second kappa shape index (κ2) is 4.83. The summed E-state index contributed by atoms with van der Waals surface area (Å²) < 4.78 is 0. The fourth-order valence-electron chi connectivity index (χ4n) is 2.23. The van der Waals surface area contributed by atoms with E-state index in [1.807, 2.05) is 7.05 Å². The fraction of sp³-hybridized carbons (Fsp3) is 0.833. The van der Waals surface area contributed by atoms with Gasteiger partial charge in [-0.15, -0.1) is 0 Å². The van der Waals surface area contributed by atoms with Crippen molar-refractivity contribution in [2.24, 2.45) is 5.92 Å². The van der Waals surface area contributed by atoms with E-state index in [-0.39, 0.29) is 0 Å². The van der Waals surface area contributed by atoms with Crippen molar-refractivity contribution < 1.29 is 0 Å². The summed E-state index contributed by atoms with van der Waals surface area (Å²) in [6.45, 7) is 12.2. The highest BCUT2D eigenvalue weighted by molar-refractivity contribution is 5.07. The van der Waals surface area contributed by atoms with Crippen LogP contribution in [0, 0.1) is 5.92 Å². The molecule has 1 rings (SSSR count). The Morgan fingerprint density at radius 2 is 2.14 bits per heavy atom. The molecule has 0 aromatic rings. The Hall–Kier alpha value is -0.500. The molecule has 2 heteroatoms. The van der Waals surface area contributed by atoms with Gasteiger partial charge >= 0.3 is 0 Å². The zero-order valence-electron chi connectivity index (χ0n) is 10.0. The Morgan fingerprint density at radius 1 is 1.50 bits per heavy atom. The van der Waals surface area contributed by atoms with E-state index < -0.39 is 0 Å². The van der Waals surface area contributed by atoms with Crippen molar-refractivity contribution in [2.45, 2.75) is 45.7 Å². The zero-order valence-corrected chi connectivity index (χ0v) is 10.0. The van der Waals surface area contributed by atoms with E-state index in [2.05, 4.69) is 37.6 Å². The first-order valence-electron chi connectivity index (χ1n) is 5.69. The molecule has 1 aliphatic heterocycles. The van der Waals surface area contributed by atoms with Gasteiger partial charge in [0.25, 0.3) is 0 Å². The number of rotatable bonds is 2. The number of likely N-dealkylation sites (N-methyl/N-ethyl adjacent to an activating group) is 1. The molecular weight excluding hydrogens is 172 g/mol. The van der Waals surface area contributed by atoms with Crippen LogP contribution in [-0.2, 0) is 0 Å². The molecule has 0 amide bonds. The Balaban J connectivity index is 2.74. The maximum Gasteiger partial charge on any atom is 0.0465 e. The van der Waals surface area contributed by atoms with Crippen LogP contribution in [0.2, 0.25) is 0 Å². The van der Waals surface area contributed by atoms with Crippen LogP contribution in [0.3, 0.4) is 0 Å². The van der Waals surface area contributed by atoms with Crippen LogP contribution < -0.4 is 5.32 Å². The van der Waals surface area contributed by atoms with E-state index in [4.69, 9.17) is 0 Å². The number of nitrogens with one attached hydrogen (secondary N) is 1. The first-order valence-corrected chi connectivity index (χ1v) is 5.69. The lowest BCUT2D eigenvalue weighted by molar-refractivity contribution is 0.272. The molecule has 0 spiro atoms. The van der Waals surface area contributed by atoms with Gasteiger partial charge < -0.3 is 10.2 Å². The van der Waals surface area contributed by atoms with E-state index in [0.29, 0.717) is 12.1 Å². The summed E-state index contributed by atoms with van der Waals surface area (Å²) in [4.78, 5) is 2.44. The van der Waals surface area contributed by atoms with Crippen LogP contribution in [0.5, 0.6) is 0 Å². The normalized spacial score (nSPS) is 29.5. The average Bonchev–Trinajstić information content (AvgIpc) is 2.26. The summed E-state index contributed by atoms with van der Waals surface area (Å²) in [6.07, 6.45) is 2.51. The zero-order chi connectivity index (χ0) is 10.7. The van der Waals surface area contributed by atoms with Crippen LogP contribution >= 0.6 is 0 Å². The molecule has 2 nitrogen and oxygen atoms in total. The third-order valence-corrected chi connectivity index (χ3v) is 3.24. The third kappa shape index (κ3) is 2.50. The standard InChI is InChI=1S/C12H24N2/c1-9(2)14-7-6-10(3)8-12(13-5)11(14)4/h9-10,12-13H,4,6-8H2,1-3,5H3. The minimum absolute atomic E-state index is 0.468. The lowest BCUT2D eigenvalue weighted by Gasteiger charge is -2.32. The monoisotopic (exact) mass is 196 g/mol. The van der Waals surface area contributed by atoms with Crippen LogP contribution in [-0.4, -0.2) is 30.6 Å². The molecule has 2 atom stereocenters. The summed E-state index contributed by atoms with van der Waals surface area (Å²) in [5.41, 5.74) is 1.27. The fourth-order valence-corrected chi connectivity index (χ4v) is 2.23. The van der Waals surface area contributed by atoms with Crippen molar-refractivity contribution in [3.8, 4) is 0 Å². The van der Waals surface area contributed by atoms with Crippen molar-refractivity contribution in [1.29, 1.82) is 0 Å². The summed E-state index contributed by atoms with van der Waals surface area (Å²) in [6, 6.07) is 1.04. The number of hydrogen-bond acceptors (Lipinski definition) is 2. The number of nitrogens with zero attached hydrogens (tertiary/aromatic N) is 1. The molecule has 0 bridgehead atoms. The lowest BCUT2D eigenvalue weighted by Crippen LogP contribution is -2.38. The van der Waals surface area contributed by atoms with Crippen molar-refractivity contribution in [3.63, 3.8) is 0 Å². The molecule has 0 aromatic heterocycles. The van der Waals surface area contributed by atoms with Gasteiger partial charge in [0.2, 0.25) is 0 Å². The minimum atomic E-state index is 0.468. The van der Waals surface area contributed by atoms with Crippen LogP contribution in [0.4, 0.5) is 0 Å². The first-order chi connectivity index (χ1) is 6.56. The summed E-state index contributed by atoms with van der Waals surface area (Å²) in [7, 11) is 2.03.